The maximum absolute atomic E-state index is 6.38. The van der Waals surface area contributed by atoms with Gasteiger partial charge in [0.1, 0.15) is 11.4 Å². The largest absolute Gasteiger partial charge is 0.481 e. The van der Waals surface area contributed by atoms with Crippen molar-refractivity contribution < 1.29 is 13.8 Å². The van der Waals surface area contributed by atoms with Gasteiger partial charge in [-0.05, 0) is 55.7 Å². The van der Waals surface area contributed by atoms with Crippen LogP contribution in [0.1, 0.15) is 6.92 Å². The molecule has 0 bridgehead atoms. The average Bonchev–Trinajstić information content (AvgIpc) is 3.42. The molecule has 0 aliphatic heterocycles. The van der Waals surface area contributed by atoms with Gasteiger partial charge in [-0.3, -0.25) is 5.10 Å². The minimum atomic E-state index is -2.53. The second-order valence-corrected chi connectivity index (χ2v) is 9.57. The average molecular weight is 446 g/mol. The van der Waals surface area contributed by atoms with Crippen LogP contribution < -0.4 is 14.6 Å². The van der Waals surface area contributed by atoms with Crippen LogP contribution in [0.2, 0.25) is 0 Å². The van der Waals surface area contributed by atoms with E-state index in [1.54, 1.807) is 7.11 Å². The molecule has 2 aromatic carbocycles. The van der Waals surface area contributed by atoms with Crippen LogP contribution in [0.15, 0.2) is 66.7 Å². The van der Waals surface area contributed by atoms with E-state index >= 15 is 0 Å². The van der Waals surface area contributed by atoms with Crippen molar-refractivity contribution in [1.29, 1.82) is 0 Å². The zero-order valence-corrected chi connectivity index (χ0v) is 18.7. The third kappa shape index (κ3) is 3.66. The van der Waals surface area contributed by atoms with E-state index in [4.69, 9.17) is 13.8 Å². The number of aromatic nitrogens is 4. The van der Waals surface area contributed by atoms with Crippen molar-refractivity contribution in [3.63, 3.8) is 0 Å². The first-order chi connectivity index (χ1) is 15.6. The summed E-state index contributed by atoms with van der Waals surface area (Å²) in [7, 11) is -0.930. The van der Waals surface area contributed by atoms with Crippen molar-refractivity contribution in [2.45, 2.75) is 6.92 Å². The van der Waals surface area contributed by atoms with Crippen molar-refractivity contribution >= 4 is 40.9 Å². The first-order valence-electron chi connectivity index (χ1n) is 10.2. The molecule has 7 nitrogen and oxygen atoms in total. The SMILES string of the molecule is C=P(OCC)(Oc1ccc2[nH]nc(-c3cc4nc(OC)ccc4[nH]3)c2c1)c1ccccc1. The van der Waals surface area contributed by atoms with E-state index < -0.39 is 7.34 Å². The van der Waals surface area contributed by atoms with Gasteiger partial charge in [0.25, 0.3) is 0 Å². The molecule has 1 atom stereocenters. The minimum absolute atomic E-state index is 0.511. The summed E-state index contributed by atoms with van der Waals surface area (Å²) in [6.45, 7) is 2.46. The van der Waals surface area contributed by atoms with E-state index in [0.29, 0.717) is 18.2 Å². The Morgan fingerprint density at radius 3 is 2.59 bits per heavy atom. The number of aromatic amines is 2. The Hall–Kier alpha value is -3.54. The van der Waals surface area contributed by atoms with Crippen LogP contribution in [-0.2, 0) is 4.52 Å². The van der Waals surface area contributed by atoms with E-state index in [1.165, 1.54) is 0 Å². The van der Waals surface area contributed by atoms with Crippen molar-refractivity contribution in [1.82, 2.24) is 20.2 Å². The Morgan fingerprint density at radius 1 is 1.00 bits per heavy atom. The molecular weight excluding hydrogens is 423 g/mol. The number of rotatable bonds is 7. The third-order valence-electron chi connectivity index (χ3n) is 5.19. The normalized spacial score (nSPS) is 13.3. The summed E-state index contributed by atoms with van der Waals surface area (Å²) in [5, 5.41) is 9.50. The van der Waals surface area contributed by atoms with Crippen molar-refractivity contribution in [3.8, 4) is 23.0 Å². The molecule has 0 saturated carbocycles. The lowest BCUT2D eigenvalue weighted by Crippen LogP contribution is -2.12. The number of nitrogens with zero attached hydrogens (tertiary/aromatic N) is 2. The predicted molar refractivity (Wildman–Crippen MR) is 130 cm³/mol. The summed E-state index contributed by atoms with van der Waals surface area (Å²) in [6, 6.07) is 21.4. The molecule has 3 heterocycles. The van der Waals surface area contributed by atoms with Gasteiger partial charge in [-0.25, -0.2) is 4.98 Å². The third-order valence-corrected chi connectivity index (χ3v) is 7.45. The molecular formula is C24H23N4O3P. The van der Waals surface area contributed by atoms with E-state index in [9.17, 15) is 0 Å². The number of H-pyrrole nitrogens is 2. The Balaban J connectivity index is 1.55. The van der Waals surface area contributed by atoms with Gasteiger partial charge in [-0.1, -0.05) is 18.2 Å². The van der Waals surface area contributed by atoms with Crippen molar-refractivity contribution in [2.75, 3.05) is 13.7 Å². The molecule has 0 spiro atoms. The molecule has 1 unspecified atom stereocenters. The van der Waals surface area contributed by atoms with E-state index in [0.717, 1.165) is 38.6 Å². The molecule has 8 heteroatoms. The van der Waals surface area contributed by atoms with Crippen LogP contribution in [0.25, 0.3) is 33.3 Å². The van der Waals surface area contributed by atoms with Gasteiger partial charge in [0.2, 0.25) is 5.88 Å². The molecule has 0 amide bonds. The van der Waals surface area contributed by atoms with Crippen LogP contribution >= 0.6 is 7.34 Å². The molecule has 162 valence electrons. The molecule has 0 aliphatic rings. The Bertz CT molecular complexity index is 1440. The van der Waals surface area contributed by atoms with Gasteiger partial charge < -0.3 is 18.8 Å². The van der Waals surface area contributed by atoms with Crippen molar-refractivity contribution in [3.05, 3.63) is 66.7 Å². The zero-order valence-electron chi connectivity index (χ0n) is 17.8. The summed E-state index contributed by atoms with van der Waals surface area (Å²) in [6.07, 6.45) is 4.34. The topological polar surface area (TPSA) is 85.1 Å². The highest BCUT2D eigenvalue weighted by molar-refractivity contribution is 7.72. The van der Waals surface area contributed by atoms with E-state index in [2.05, 4.69) is 26.5 Å². The van der Waals surface area contributed by atoms with Crippen LogP contribution in [-0.4, -0.2) is 40.2 Å². The molecule has 0 fully saturated rings. The molecule has 5 aromatic rings. The Morgan fingerprint density at radius 2 is 1.81 bits per heavy atom. The summed E-state index contributed by atoms with van der Waals surface area (Å²) >= 11 is 0. The minimum Gasteiger partial charge on any atom is -0.481 e. The highest BCUT2D eigenvalue weighted by Crippen LogP contribution is 2.47. The lowest BCUT2D eigenvalue weighted by atomic mass is 10.1. The monoisotopic (exact) mass is 446 g/mol. The summed E-state index contributed by atoms with van der Waals surface area (Å²) in [5.41, 5.74) is 4.26. The number of hydrogen-bond donors (Lipinski definition) is 2. The molecule has 0 saturated heterocycles. The van der Waals surface area contributed by atoms with Gasteiger partial charge in [0.15, 0.2) is 7.34 Å². The van der Waals surface area contributed by atoms with E-state index in [-0.39, 0.29) is 0 Å². The van der Waals surface area contributed by atoms with E-state index in [1.807, 2.05) is 73.7 Å². The zero-order chi connectivity index (χ0) is 22.1. The first kappa shape index (κ1) is 20.4. The molecule has 5 rings (SSSR count). The fourth-order valence-corrected chi connectivity index (χ4v) is 5.48. The van der Waals surface area contributed by atoms with Gasteiger partial charge in [-0.2, -0.15) is 5.10 Å². The smallest absolute Gasteiger partial charge is 0.213 e. The number of hydrogen-bond acceptors (Lipinski definition) is 5. The number of pyridine rings is 1. The molecule has 0 aliphatic carbocycles. The number of fused-ring (bicyclic) bond motifs is 2. The molecule has 32 heavy (non-hydrogen) atoms. The standard InChI is InChI=1S/C24H23N4O3P/c1-4-30-32(3,17-8-6-5-7-9-17)31-16-10-11-19-18(14-16)24(28-27-19)22-15-21-20(25-22)12-13-23(26-21)29-2/h5-15,25H,3-4H2,1-2H3,(H,27,28). The quantitative estimate of drug-likeness (QED) is 0.339. The molecule has 0 radical (unpaired) electrons. The Kier molecular flexibility index (Phi) is 5.21. The Labute approximate surface area is 185 Å². The fourth-order valence-electron chi connectivity index (χ4n) is 3.67. The summed E-state index contributed by atoms with van der Waals surface area (Å²) in [5.74, 6) is 1.25. The number of methoxy groups -OCH3 is 1. The first-order valence-corrected chi connectivity index (χ1v) is 12.1. The molecule has 2 N–H and O–H groups in total. The lowest BCUT2D eigenvalue weighted by molar-refractivity contribution is 0.338. The van der Waals surface area contributed by atoms with Crippen LogP contribution in [0.5, 0.6) is 11.6 Å². The van der Waals surface area contributed by atoms with Crippen LogP contribution in [0.3, 0.4) is 0 Å². The maximum Gasteiger partial charge on any atom is 0.213 e. The van der Waals surface area contributed by atoms with Crippen molar-refractivity contribution in [2.24, 2.45) is 0 Å². The molecule has 3 aromatic heterocycles. The lowest BCUT2D eigenvalue weighted by Gasteiger charge is -2.25. The van der Waals surface area contributed by atoms with Crippen LogP contribution in [0, 0.1) is 0 Å². The van der Waals surface area contributed by atoms with Gasteiger partial charge in [0.05, 0.1) is 36.0 Å². The predicted octanol–water partition coefficient (Wildman–Crippen LogP) is 5.14. The number of nitrogens with one attached hydrogen (secondary N) is 2. The maximum atomic E-state index is 6.38. The summed E-state index contributed by atoms with van der Waals surface area (Å²) < 4.78 is 17.6. The summed E-state index contributed by atoms with van der Waals surface area (Å²) in [4.78, 5) is 7.87. The fraction of sp³-hybridized carbons (Fsp3) is 0.125. The highest BCUT2D eigenvalue weighted by Gasteiger charge is 2.21. The number of benzene rings is 2. The van der Waals surface area contributed by atoms with Gasteiger partial charge in [-0.15, -0.1) is 0 Å². The second-order valence-electron chi connectivity index (χ2n) is 7.27. The number of ether oxygens (including phenoxy) is 1. The second kappa shape index (κ2) is 8.19. The van der Waals surface area contributed by atoms with Gasteiger partial charge >= 0.3 is 0 Å². The van der Waals surface area contributed by atoms with Crippen LogP contribution in [0.4, 0.5) is 0 Å². The van der Waals surface area contributed by atoms with Gasteiger partial charge in [0, 0.05) is 16.8 Å². The highest BCUT2D eigenvalue weighted by atomic mass is 31.2.